The van der Waals surface area contributed by atoms with Crippen LogP contribution < -0.4 is 10.6 Å². The molecule has 2 atom stereocenters. The molecule has 0 aliphatic carbocycles. The second-order valence-corrected chi connectivity index (χ2v) is 5.98. The Morgan fingerprint density at radius 3 is 2.83 bits per heavy atom. The first-order valence-electron chi connectivity index (χ1n) is 7.44. The Balaban J connectivity index is 1.91. The number of halogens is 1. The van der Waals surface area contributed by atoms with E-state index in [0.29, 0.717) is 42.7 Å². The standard InChI is InChI=1S/C16H18FN3O2S/c1-10-13(15(21)20-5-7-22-8-6-20)14(19-16(23)18-10)11-3-2-4-12(17)9-11/h2-4,9,13-14H,1,5-8H2,(H2,18,19,23)/t13-,14+/m1/s1. The highest BCUT2D eigenvalue weighted by atomic mass is 32.1. The zero-order valence-electron chi connectivity index (χ0n) is 12.5. The summed E-state index contributed by atoms with van der Waals surface area (Å²) in [6, 6.07) is 5.75. The number of amides is 1. The third kappa shape index (κ3) is 3.35. The van der Waals surface area contributed by atoms with Crippen molar-refractivity contribution in [3.05, 3.63) is 47.9 Å². The number of thiocarbonyl (C=S) groups is 1. The predicted octanol–water partition coefficient (Wildman–Crippen LogP) is 1.33. The van der Waals surface area contributed by atoms with Gasteiger partial charge >= 0.3 is 0 Å². The number of hydrogen-bond donors (Lipinski definition) is 2. The van der Waals surface area contributed by atoms with Gasteiger partial charge in [-0.25, -0.2) is 4.39 Å². The van der Waals surface area contributed by atoms with E-state index in [0.717, 1.165) is 0 Å². The molecule has 1 amide bonds. The number of nitrogens with one attached hydrogen (secondary N) is 2. The van der Waals surface area contributed by atoms with E-state index in [1.165, 1.54) is 12.1 Å². The van der Waals surface area contributed by atoms with Gasteiger partial charge in [-0.3, -0.25) is 4.79 Å². The molecule has 0 radical (unpaired) electrons. The molecule has 23 heavy (non-hydrogen) atoms. The van der Waals surface area contributed by atoms with Crippen LogP contribution in [0.4, 0.5) is 4.39 Å². The minimum absolute atomic E-state index is 0.0601. The number of ether oxygens (including phenoxy) is 1. The number of carbonyl (C=O) groups is 1. The lowest BCUT2D eigenvalue weighted by atomic mass is 9.87. The number of benzene rings is 1. The molecule has 2 fully saturated rings. The highest BCUT2D eigenvalue weighted by molar-refractivity contribution is 7.80. The van der Waals surface area contributed by atoms with Crippen LogP contribution in [0.3, 0.4) is 0 Å². The Morgan fingerprint density at radius 1 is 1.39 bits per heavy atom. The molecular formula is C16H18FN3O2S. The Bertz CT molecular complexity index is 646. The summed E-state index contributed by atoms with van der Waals surface area (Å²) in [5.74, 6) is -0.964. The lowest BCUT2D eigenvalue weighted by Crippen LogP contribution is -2.55. The van der Waals surface area contributed by atoms with E-state index < -0.39 is 12.0 Å². The van der Waals surface area contributed by atoms with E-state index in [2.05, 4.69) is 17.2 Å². The largest absolute Gasteiger partial charge is 0.378 e. The second-order valence-electron chi connectivity index (χ2n) is 5.57. The summed E-state index contributed by atoms with van der Waals surface area (Å²) < 4.78 is 18.9. The van der Waals surface area contributed by atoms with Crippen molar-refractivity contribution < 1.29 is 13.9 Å². The third-order valence-electron chi connectivity index (χ3n) is 4.07. The fraction of sp³-hybridized carbons (Fsp3) is 0.375. The molecule has 122 valence electrons. The van der Waals surface area contributed by atoms with Crippen molar-refractivity contribution in [2.24, 2.45) is 5.92 Å². The van der Waals surface area contributed by atoms with E-state index >= 15 is 0 Å². The van der Waals surface area contributed by atoms with Crippen molar-refractivity contribution in [3.8, 4) is 0 Å². The van der Waals surface area contributed by atoms with Crippen LogP contribution in [0, 0.1) is 11.7 Å². The summed E-state index contributed by atoms with van der Waals surface area (Å²) in [5, 5.41) is 6.38. The Kier molecular flexibility index (Phi) is 4.58. The first-order valence-corrected chi connectivity index (χ1v) is 7.85. The van der Waals surface area contributed by atoms with Gasteiger partial charge in [0, 0.05) is 18.8 Å². The summed E-state index contributed by atoms with van der Waals surface area (Å²) in [6.45, 7) is 6.08. The molecular weight excluding hydrogens is 317 g/mol. The van der Waals surface area contributed by atoms with Crippen molar-refractivity contribution in [2.45, 2.75) is 6.04 Å². The minimum atomic E-state index is -0.554. The molecule has 0 saturated carbocycles. The SMILES string of the molecule is C=C1NC(=S)N[C@@H](c2cccc(F)c2)[C@@H]1C(=O)N1CCOCC1. The molecule has 0 spiro atoms. The van der Waals surface area contributed by atoms with Gasteiger partial charge in [-0.05, 0) is 29.9 Å². The predicted molar refractivity (Wildman–Crippen MR) is 88.0 cm³/mol. The van der Waals surface area contributed by atoms with Gasteiger partial charge in [-0.2, -0.15) is 0 Å². The first-order chi connectivity index (χ1) is 11.1. The lowest BCUT2D eigenvalue weighted by molar-refractivity contribution is -0.139. The molecule has 3 rings (SSSR count). The maximum atomic E-state index is 13.6. The van der Waals surface area contributed by atoms with Crippen LogP contribution in [0.25, 0.3) is 0 Å². The molecule has 2 aliphatic rings. The second kappa shape index (κ2) is 6.64. The Morgan fingerprint density at radius 2 is 2.13 bits per heavy atom. The van der Waals surface area contributed by atoms with Crippen molar-refractivity contribution in [1.82, 2.24) is 15.5 Å². The number of carbonyl (C=O) groups excluding carboxylic acids is 1. The van der Waals surface area contributed by atoms with Gasteiger partial charge < -0.3 is 20.3 Å². The molecule has 2 heterocycles. The Hall–Kier alpha value is -1.99. The molecule has 2 aliphatic heterocycles. The summed E-state index contributed by atoms with van der Waals surface area (Å²) >= 11 is 5.17. The zero-order chi connectivity index (χ0) is 16.4. The maximum Gasteiger partial charge on any atom is 0.234 e. The third-order valence-corrected chi connectivity index (χ3v) is 4.29. The number of hydrogen-bond acceptors (Lipinski definition) is 3. The van der Waals surface area contributed by atoms with Crippen LogP contribution >= 0.6 is 12.2 Å². The normalized spacial score (nSPS) is 24.8. The molecule has 2 saturated heterocycles. The molecule has 0 aromatic heterocycles. The van der Waals surface area contributed by atoms with Crippen LogP contribution in [-0.4, -0.2) is 42.2 Å². The molecule has 1 aromatic carbocycles. The average molecular weight is 335 g/mol. The van der Waals surface area contributed by atoms with Gasteiger partial charge in [0.2, 0.25) is 5.91 Å². The van der Waals surface area contributed by atoms with Crippen LogP contribution in [-0.2, 0) is 9.53 Å². The maximum absolute atomic E-state index is 13.6. The van der Waals surface area contributed by atoms with Gasteiger partial charge in [0.15, 0.2) is 5.11 Å². The topological polar surface area (TPSA) is 53.6 Å². The van der Waals surface area contributed by atoms with E-state index in [4.69, 9.17) is 17.0 Å². The quantitative estimate of drug-likeness (QED) is 0.799. The van der Waals surface area contributed by atoms with Crippen LogP contribution in [0.15, 0.2) is 36.5 Å². The smallest absolute Gasteiger partial charge is 0.234 e. The van der Waals surface area contributed by atoms with Gasteiger partial charge in [-0.15, -0.1) is 0 Å². The van der Waals surface area contributed by atoms with Gasteiger partial charge in [-0.1, -0.05) is 18.7 Å². The van der Waals surface area contributed by atoms with Crippen molar-refractivity contribution in [2.75, 3.05) is 26.3 Å². The van der Waals surface area contributed by atoms with Gasteiger partial charge in [0.1, 0.15) is 11.7 Å². The van der Waals surface area contributed by atoms with Crippen molar-refractivity contribution in [1.29, 1.82) is 0 Å². The summed E-state index contributed by atoms with van der Waals surface area (Å²) in [7, 11) is 0. The zero-order valence-corrected chi connectivity index (χ0v) is 13.4. The van der Waals surface area contributed by atoms with Crippen LogP contribution in [0.5, 0.6) is 0 Å². The van der Waals surface area contributed by atoms with E-state index in [1.807, 2.05) is 0 Å². The highest BCUT2D eigenvalue weighted by Gasteiger charge is 2.39. The van der Waals surface area contributed by atoms with E-state index in [9.17, 15) is 9.18 Å². The average Bonchev–Trinajstić information content (AvgIpc) is 2.54. The fourth-order valence-corrected chi connectivity index (χ4v) is 3.19. The summed E-state index contributed by atoms with van der Waals surface area (Å²) in [5.41, 5.74) is 1.20. The molecule has 7 heteroatoms. The molecule has 0 bridgehead atoms. The van der Waals surface area contributed by atoms with E-state index in [-0.39, 0.29) is 11.7 Å². The number of rotatable bonds is 2. The minimum Gasteiger partial charge on any atom is -0.378 e. The molecule has 2 N–H and O–H groups in total. The van der Waals surface area contributed by atoms with Crippen molar-refractivity contribution >= 4 is 23.2 Å². The number of nitrogens with zero attached hydrogens (tertiary/aromatic N) is 1. The highest BCUT2D eigenvalue weighted by Crippen LogP contribution is 2.31. The first kappa shape index (κ1) is 15.9. The summed E-state index contributed by atoms with van der Waals surface area (Å²) in [6.07, 6.45) is 0. The monoisotopic (exact) mass is 335 g/mol. The van der Waals surface area contributed by atoms with Crippen LogP contribution in [0.1, 0.15) is 11.6 Å². The molecule has 5 nitrogen and oxygen atoms in total. The lowest BCUT2D eigenvalue weighted by Gasteiger charge is -2.39. The summed E-state index contributed by atoms with van der Waals surface area (Å²) in [4.78, 5) is 14.7. The van der Waals surface area contributed by atoms with Gasteiger partial charge in [0.05, 0.1) is 19.3 Å². The Labute approximate surface area is 139 Å². The van der Waals surface area contributed by atoms with E-state index in [1.54, 1.807) is 17.0 Å². The molecule has 0 unspecified atom stereocenters. The van der Waals surface area contributed by atoms with Crippen molar-refractivity contribution in [3.63, 3.8) is 0 Å². The van der Waals surface area contributed by atoms with Crippen LogP contribution in [0.2, 0.25) is 0 Å². The molecule has 1 aromatic rings. The fourth-order valence-electron chi connectivity index (χ4n) is 2.93. The number of morpholine rings is 1. The van der Waals surface area contributed by atoms with Gasteiger partial charge in [0.25, 0.3) is 0 Å².